The monoisotopic (exact) mass is 243 g/mol. The predicted molar refractivity (Wildman–Crippen MR) is 69.3 cm³/mol. The maximum absolute atomic E-state index is 12.0. The molecule has 1 atom stereocenters. The molecule has 1 aromatic carbocycles. The van der Waals surface area contributed by atoms with Crippen LogP contribution in [0.15, 0.2) is 35.9 Å². The van der Waals surface area contributed by atoms with Crippen molar-refractivity contribution in [2.75, 3.05) is 7.11 Å². The first-order valence-electron chi connectivity index (χ1n) is 6.43. The Hall–Kier alpha value is -1.77. The number of β-lactam (4-membered cyclic amide) rings is 1. The van der Waals surface area contributed by atoms with Crippen LogP contribution in [0, 0.1) is 0 Å². The van der Waals surface area contributed by atoms with Crippen molar-refractivity contribution in [3.05, 3.63) is 41.5 Å². The van der Waals surface area contributed by atoms with Crippen LogP contribution in [0.2, 0.25) is 0 Å². The Morgan fingerprint density at radius 3 is 2.83 bits per heavy atom. The number of rotatable bonds is 3. The molecule has 0 bridgehead atoms. The van der Waals surface area contributed by atoms with Gasteiger partial charge in [0, 0.05) is 12.1 Å². The largest absolute Gasteiger partial charge is 0.497 e. The average Bonchev–Trinajstić information content (AvgIpc) is 2.45. The van der Waals surface area contributed by atoms with E-state index in [0.29, 0.717) is 12.6 Å². The number of hydrogen-bond donors (Lipinski definition) is 0. The lowest BCUT2D eigenvalue weighted by atomic mass is 9.84. The van der Waals surface area contributed by atoms with Gasteiger partial charge >= 0.3 is 0 Å². The molecule has 1 fully saturated rings. The molecule has 2 aliphatic rings. The molecule has 1 aliphatic carbocycles. The Morgan fingerprint density at radius 2 is 2.11 bits per heavy atom. The van der Waals surface area contributed by atoms with Crippen molar-refractivity contribution in [1.82, 2.24) is 4.90 Å². The van der Waals surface area contributed by atoms with Crippen LogP contribution in [0.25, 0.3) is 0 Å². The topological polar surface area (TPSA) is 29.5 Å². The molecule has 3 rings (SSSR count). The van der Waals surface area contributed by atoms with Gasteiger partial charge in [0.2, 0.25) is 0 Å². The Bertz CT molecular complexity index is 490. The number of carbonyl (C=O) groups is 1. The smallest absolute Gasteiger partial charge is 0.252 e. The fourth-order valence-electron chi connectivity index (χ4n) is 2.76. The Kier molecular flexibility index (Phi) is 2.82. The SMILES string of the molecule is COc1ccc(CN2C(=O)C3=CCCC[C@@H]32)cc1. The summed E-state index contributed by atoms with van der Waals surface area (Å²) in [6.07, 6.45) is 5.49. The summed E-state index contributed by atoms with van der Waals surface area (Å²) >= 11 is 0. The van der Waals surface area contributed by atoms with Gasteiger partial charge in [-0.15, -0.1) is 0 Å². The minimum atomic E-state index is 0.218. The highest BCUT2D eigenvalue weighted by Crippen LogP contribution is 2.35. The standard InChI is InChI=1S/C15H17NO2/c1-18-12-8-6-11(7-9-12)10-16-14-5-3-2-4-13(14)15(16)17/h4,6-9,14H,2-3,5,10H2,1H3/t14-/m0/s1. The van der Waals surface area contributed by atoms with Gasteiger partial charge in [-0.2, -0.15) is 0 Å². The van der Waals surface area contributed by atoms with Crippen LogP contribution in [0.4, 0.5) is 0 Å². The molecule has 94 valence electrons. The predicted octanol–water partition coefficient (Wildman–Crippen LogP) is 2.52. The van der Waals surface area contributed by atoms with Gasteiger partial charge in [-0.05, 0) is 37.0 Å². The molecule has 0 unspecified atom stereocenters. The van der Waals surface area contributed by atoms with Crippen molar-refractivity contribution in [2.45, 2.75) is 31.8 Å². The van der Waals surface area contributed by atoms with Gasteiger partial charge in [0.25, 0.3) is 5.91 Å². The van der Waals surface area contributed by atoms with Gasteiger partial charge in [-0.25, -0.2) is 0 Å². The van der Waals surface area contributed by atoms with E-state index in [9.17, 15) is 4.79 Å². The first-order valence-corrected chi connectivity index (χ1v) is 6.43. The minimum absolute atomic E-state index is 0.218. The number of hydrogen-bond acceptors (Lipinski definition) is 2. The summed E-state index contributed by atoms with van der Waals surface area (Å²) < 4.78 is 5.13. The summed E-state index contributed by atoms with van der Waals surface area (Å²) in [6, 6.07) is 8.30. The lowest BCUT2D eigenvalue weighted by Crippen LogP contribution is -2.55. The van der Waals surface area contributed by atoms with E-state index >= 15 is 0 Å². The number of ether oxygens (including phenoxy) is 1. The lowest BCUT2D eigenvalue weighted by molar-refractivity contribution is -0.138. The van der Waals surface area contributed by atoms with Gasteiger partial charge in [0.05, 0.1) is 13.2 Å². The zero-order valence-electron chi connectivity index (χ0n) is 10.6. The number of carbonyl (C=O) groups excluding carboxylic acids is 1. The zero-order chi connectivity index (χ0) is 12.5. The molecular formula is C15H17NO2. The van der Waals surface area contributed by atoms with Crippen molar-refractivity contribution in [1.29, 1.82) is 0 Å². The molecule has 0 aromatic heterocycles. The van der Waals surface area contributed by atoms with Crippen molar-refractivity contribution in [2.24, 2.45) is 0 Å². The van der Waals surface area contributed by atoms with E-state index in [4.69, 9.17) is 4.74 Å². The van der Waals surface area contributed by atoms with E-state index < -0.39 is 0 Å². The number of fused-ring (bicyclic) bond motifs is 1. The minimum Gasteiger partial charge on any atom is -0.497 e. The van der Waals surface area contributed by atoms with Crippen molar-refractivity contribution < 1.29 is 9.53 Å². The molecule has 1 saturated heterocycles. The maximum Gasteiger partial charge on any atom is 0.252 e. The van der Waals surface area contributed by atoms with Crippen LogP contribution in [-0.4, -0.2) is 24.0 Å². The third-order valence-corrected chi connectivity index (χ3v) is 3.80. The van der Waals surface area contributed by atoms with Crippen molar-refractivity contribution in [3.8, 4) is 5.75 Å². The zero-order valence-corrected chi connectivity index (χ0v) is 10.6. The molecule has 3 heteroatoms. The fourth-order valence-corrected chi connectivity index (χ4v) is 2.76. The Balaban J connectivity index is 1.71. The van der Waals surface area contributed by atoms with Crippen LogP contribution in [0.1, 0.15) is 24.8 Å². The number of methoxy groups -OCH3 is 1. The highest BCUT2D eigenvalue weighted by atomic mass is 16.5. The van der Waals surface area contributed by atoms with E-state index in [1.165, 1.54) is 6.42 Å². The summed E-state index contributed by atoms with van der Waals surface area (Å²) in [7, 11) is 1.66. The number of likely N-dealkylation sites (tertiary alicyclic amines) is 1. The summed E-state index contributed by atoms with van der Waals surface area (Å²) in [4.78, 5) is 13.9. The molecule has 1 amide bonds. The quantitative estimate of drug-likeness (QED) is 0.763. The van der Waals surface area contributed by atoms with Gasteiger partial charge in [-0.3, -0.25) is 4.79 Å². The Labute approximate surface area is 107 Å². The number of allylic oxidation sites excluding steroid dienone is 1. The van der Waals surface area contributed by atoms with Crippen LogP contribution in [0.5, 0.6) is 5.75 Å². The summed E-state index contributed by atoms with van der Waals surface area (Å²) in [5.74, 6) is 1.07. The number of nitrogens with zero attached hydrogens (tertiary/aromatic N) is 1. The molecular weight excluding hydrogens is 226 g/mol. The highest BCUT2D eigenvalue weighted by molar-refractivity contribution is 6.01. The fraction of sp³-hybridized carbons (Fsp3) is 0.400. The third kappa shape index (κ3) is 1.80. The van der Waals surface area contributed by atoms with Crippen molar-refractivity contribution in [3.63, 3.8) is 0 Å². The molecule has 1 aliphatic heterocycles. The first kappa shape index (κ1) is 11.3. The van der Waals surface area contributed by atoms with E-state index in [2.05, 4.69) is 6.08 Å². The second-order valence-electron chi connectivity index (χ2n) is 4.89. The second-order valence-corrected chi connectivity index (χ2v) is 4.89. The van der Waals surface area contributed by atoms with Crippen LogP contribution < -0.4 is 4.74 Å². The third-order valence-electron chi connectivity index (χ3n) is 3.80. The summed E-state index contributed by atoms with van der Waals surface area (Å²) in [5, 5.41) is 0. The molecule has 1 heterocycles. The van der Waals surface area contributed by atoms with Crippen LogP contribution >= 0.6 is 0 Å². The second kappa shape index (κ2) is 4.48. The first-order chi connectivity index (χ1) is 8.79. The lowest BCUT2D eigenvalue weighted by Gasteiger charge is -2.44. The van der Waals surface area contributed by atoms with Crippen LogP contribution in [-0.2, 0) is 11.3 Å². The van der Waals surface area contributed by atoms with E-state index in [-0.39, 0.29) is 5.91 Å². The average molecular weight is 243 g/mol. The molecule has 0 saturated carbocycles. The van der Waals surface area contributed by atoms with E-state index in [0.717, 1.165) is 29.7 Å². The van der Waals surface area contributed by atoms with Crippen LogP contribution in [0.3, 0.4) is 0 Å². The summed E-state index contributed by atoms with van der Waals surface area (Å²) in [5.41, 5.74) is 2.20. The molecule has 18 heavy (non-hydrogen) atoms. The van der Waals surface area contributed by atoms with Gasteiger partial charge < -0.3 is 9.64 Å². The van der Waals surface area contributed by atoms with Gasteiger partial charge in [0.1, 0.15) is 5.75 Å². The summed E-state index contributed by atoms with van der Waals surface area (Å²) in [6.45, 7) is 0.713. The highest BCUT2D eigenvalue weighted by Gasteiger charge is 2.42. The number of benzene rings is 1. The van der Waals surface area contributed by atoms with E-state index in [1.54, 1.807) is 7.11 Å². The normalized spacial score (nSPS) is 22.1. The molecule has 0 radical (unpaired) electrons. The number of amides is 1. The van der Waals surface area contributed by atoms with Crippen molar-refractivity contribution >= 4 is 5.91 Å². The molecule has 0 N–H and O–H groups in total. The molecule has 1 aromatic rings. The molecule has 3 nitrogen and oxygen atoms in total. The van der Waals surface area contributed by atoms with E-state index in [1.807, 2.05) is 29.2 Å². The van der Waals surface area contributed by atoms with Gasteiger partial charge in [0.15, 0.2) is 0 Å². The van der Waals surface area contributed by atoms with Gasteiger partial charge in [-0.1, -0.05) is 18.2 Å². The Morgan fingerprint density at radius 1 is 1.33 bits per heavy atom. The molecule has 0 spiro atoms. The maximum atomic E-state index is 12.0.